The molecule has 3 rings (SSSR count). The van der Waals surface area contributed by atoms with Gasteiger partial charge in [-0.1, -0.05) is 25.3 Å². The number of nitro groups is 2. The van der Waals surface area contributed by atoms with Gasteiger partial charge in [0.1, 0.15) is 0 Å². The molecule has 1 atom stereocenters. The summed E-state index contributed by atoms with van der Waals surface area (Å²) in [6.45, 7) is 4.04. The van der Waals surface area contributed by atoms with Crippen LogP contribution in [0.15, 0.2) is 35.7 Å². The highest BCUT2D eigenvalue weighted by atomic mass is 32.2. The summed E-state index contributed by atoms with van der Waals surface area (Å²) in [6, 6.07) is 2.19. The second kappa shape index (κ2) is 7.01. The Kier molecular flexibility index (Phi) is 5.04. The maximum absolute atomic E-state index is 13.2. The molecule has 0 amide bonds. The summed E-state index contributed by atoms with van der Waals surface area (Å²) >= 11 is 0. The van der Waals surface area contributed by atoms with Crippen molar-refractivity contribution in [1.82, 2.24) is 4.31 Å². The van der Waals surface area contributed by atoms with Crippen molar-refractivity contribution < 1.29 is 18.3 Å². The molecule has 9 nitrogen and oxygen atoms in total. The fourth-order valence-corrected chi connectivity index (χ4v) is 6.14. The van der Waals surface area contributed by atoms with Crippen LogP contribution in [0.4, 0.5) is 11.4 Å². The van der Waals surface area contributed by atoms with Crippen molar-refractivity contribution >= 4 is 21.4 Å². The second-order valence-electron chi connectivity index (χ2n) is 7.28. The first-order chi connectivity index (χ1) is 12.7. The molecule has 1 saturated heterocycles. The highest BCUT2D eigenvalue weighted by molar-refractivity contribution is 7.89. The lowest BCUT2D eigenvalue weighted by molar-refractivity contribution is -0.396. The molecule has 1 aliphatic carbocycles. The van der Waals surface area contributed by atoms with Crippen LogP contribution in [0.3, 0.4) is 0 Å². The molecule has 10 heteroatoms. The maximum atomic E-state index is 13.2. The smallest absolute Gasteiger partial charge is 0.258 e. The van der Waals surface area contributed by atoms with Crippen molar-refractivity contribution in [2.24, 2.45) is 5.41 Å². The fraction of sp³-hybridized carbons (Fsp3) is 0.529. The number of hydrogen-bond donors (Lipinski definition) is 0. The Morgan fingerprint density at radius 2 is 1.81 bits per heavy atom. The summed E-state index contributed by atoms with van der Waals surface area (Å²) in [5, 5.41) is 22.3. The van der Waals surface area contributed by atoms with Crippen LogP contribution in [0.25, 0.3) is 0 Å². The van der Waals surface area contributed by atoms with Gasteiger partial charge in [0, 0.05) is 18.7 Å². The molecule has 146 valence electrons. The van der Waals surface area contributed by atoms with Gasteiger partial charge in [0.15, 0.2) is 4.90 Å². The van der Waals surface area contributed by atoms with Crippen LogP contribution >= 0.6 is 0 Å². The quantitative estimate of drug-likeness (QED) is 0.427. The van der Waals surface area contributed by atoms with Gasteiger partial charge in [0.05, 0.1) is 15.9 Å². The zero-order valence-corrected chi connectivity index (χ0v) is 15.6. The van der Waals surface area contributed by atoms with E-state index in [2.05, 4.69) is 6.58 Å². The van der Waals surface area contributed by atoms with Crippen molar-refractivity contribution in [3.05, 3.63) is 51.1 Å². The summed E-state index contributed by atoms with van der Waals surface area (Å²) in [6.07, 6.45) is 7.26. The van der Waals surface area contributed by atoms with Gasteiger partial charge < -0.3 is 0 Å². The van der Waals surface area contributed by atoms with Crippen molar-refractivity contribution in [3.8, 4) is 0 Å². The first-order valence-corrected chi connectivity index (χ1v) is 10.2. The van der Waals surface area contributed by atoms with Gasteiger partial charge in [-0.25, -0.2) is 8.42 Å². The molecule has 0 bridgehead atoms. The largest absolute Gasteiger partial charge is 0.296 e. The second-order valence-corrected chi connectivity index (χ2v) is 9.14. The number of non-ortho nitro benzene ring substituents is 1. The molecule has 1 unspecified atom stereocenters. The summed E-state index contributed by atoms with van der Waals surface area (Å²) in [4.78, 5) is 20.1. The van der Waals surface area contributed by atoms with Crippen LogP contribution in [-0.4, -0.2) is 35.2 Å². The van der Waals surface area contributed by atoms with Gasteiger partial charge >= 0.3 is 0 Å². The van der Waals surface area contributed by atoms with Crippen molar-refractivity contribution in [2.45, 2.75) is 49.5 Å². The Bertz CT molecular complexity index is 892. The van der Waals surface area contributed by atoms with Crippen molar-refractivity contribution in [1.29, 1.82) is 0 Å². The van der Waals surface area contributed by atoms with Crippen LogP contribution in [0, 0.1) is 25.6 Å². The van der Waals surface area contributed by atoms with E-state index in [1.54, 1.807) is 6.08 Å². The summed E-state index contributed by atoms with van der Waals surface area (Å²) in [7, 11) is -4.20. The van der Waals surface area contributed by atoms with Crippen LogP contribution < -0.4 is 0 Å². The normalized spacial score (nSPS) is 22.6. The van der Waals surface area contributed by atoms with Crippen LogP contribution in [0.2, 0.25) is 0 Å². The monoisotopic (exact) mass is 395 g/mol. The van der Waals surface area contributed by atoms with Crippen LogP contribution in [-0.2, 0) is 10.0 Å². The molecule has 1 saturated carbocycles. The van der Waals surface area contributed by atoms with Crippen LogP contribution in [0.1, 0.15) is 38.5 Å². The molecule has 1 heterocycles. The summed E-state index contributed by atoms with van der Waals surface area (Å²) in [5.41, 5.74) is -1.43. The standard InChI is InChI=1S/C17H21N3O6S/c1-2-13-11-17(8-4-3-5-9-17)12-18(13)27(25,26)16-7-6-14(19(21)22)10-15(16)20(23)24/h2,6-7,10,13H,1,3-5,8-9,11-12H2. The highest BCUT2D eigenvalue weighted by Gasteiger charge is 2.49. The zero-order chi connectivity index (χ0) is 19.8. The SMILES string of the molecule is C=CC1CC2(CCCCC2)CN1S(=O)(=O)c1ccc([N+](=O)[O-])cc1[N+](=O)[O-]. The molecule has 0 radical (unpaired) electrons. The Morgan fingerprint density at radius 3 is 2.37 bits per heavy atom. The molecule has 1 aromatic rings. The third-order valence-corrected chi connectivity index (χ3v) is 7.54. The average Bonchev–Trinajstić information content (AvgIpc) is 3.00. The molecule has 27 heavy (non-hydrogen) atoms. The van der Waals surface area contributed by atoms with Gasteiger partial charge in [-0.2, -0.15) is 4.31 Å². The molecule has 1 spiro atoms. The number of rotatable bonds is 5. The predicted molar refractivity (Wildman–Crippen MR) is 97.8 cm³/mol. The molecule has 0 N–H and O–H groups in total. The Morgan fingerprint density at radius 1 is 1.15 bits per heavy atom. The van der Waals surface area contributed by atoms with E-state index in [1.807, 2.05) is 0 Å². The van der Waals surface area contributed by atoms with E-state index in [1.165, 1.54) is 4.31 Å². The average molecular weight is 395 g/mol. The number of hydrogen-bond acceptors (Lipinski definition) is 6. The summed E-state index contributed by atoms with van der Waals surface area (Å²) in [5.74, 6) is 0. The van der Waals surface area contributed by atoms with Gasteiger partial charge in [-0.05, 0) is 30.7 Å². The zero-order valence-electron chi connectivity index (χ0n) is 14.7. The van der Waals surface area contributed by atoms with E-state index in [-0.39, 0.29) is 5.41 Å². The van der Waals surface area contributed by atoms with Gasteiger partial charge in [0.2, 0.25) is 10.0 Å². The minimum atomic E-state index is -4.20. The third-order valence-electron chi connectivity index (χ3n) is 5.63. The Hall–Kier alpha value is -2.33. The lowest BCUT2D eigenvalue weighted by atomic mass is 9.73. The Labute approximate surface area is 157 Å². The van der Waals surface area contributed by atoms with Crippen molar-refractivity contribution in [2.75, 3.05) is 6.54 Å². The van der Waals surface area contributed by atoms with Crippen LogP contribution in [0.5, 0.6) is 0 Å². The molecular formula is C17H21N3O6S. The molecule has 1 aliphatic heterocycles. The van der Waals surface area contributed by atoms with E-state index in [4.69, 9.17) is 0 Å². The van der Waals surface area contributed by atoms with E-state index in [0.717, 1.165) is 44.2 Å². The van der Waals surface area contributed by atoms with Gasteiger partial charge in [0.25, 0.3) is 11.4 Å². The van der Waals surface area contributed by atoms with E-state index < -0.39 is 42.2 Å². The van der Waals surface area contributed by atoms with E-state index in [9.17, 15) is 28.6 Å². The molecule has 0 aromatic heterocycles. The van der Waals surface area contributed by atoms with Crippen molar-refractivity contribution in [3.63, 3.8) is 0 Å². The van der Waals surface area contributed by atoms with E-state index in [0.29, 0.717) is 19.0 Å². The molecule has 1 aromatic carbocycles. The number of sulfonamides is 1. The minimum absolute atomic E-state index is 0.125. The molecule has 2 aliphatic rings. The molecule has 2 fully saturated rings. The maximum Gasteiger partial charge on any atom is 0.296 e. The van der Waals surface area contributed by atoms with E-state index >= 15 is 0 Å². The lowest BCUT2D eigenvalue weighted by Crippen LogP contribution is -2.36. The first-order valence-electron chi connectivity index (χ1n) is 8.77. The number of nitro benzene ring substituents is 2. The number of nitrogens with zero attached hydrogens (tertiary/aromatic N) is 3. The van der Waals surface area contributed by atoms with Gasteiger partial charge in [-0.3, -0.25) is 20.2 Å². The van der Waals surface area contributed by atoms with Gasteiger partial charge in [-0.15, -0.1) is 6.58 Å². The molecular weight excluding hydrogens is 374 g/mol. The third kappa shape index (κ3) is 3.46. The summed E-state index contributed by atoms with van der Waals surface area (Å²) < 4.78 is 27.8. The topological polar surface area (TPSA) is 124 Å². The number of benzene rings is 1. The highest BCUT2D eigenvalue weighted by Crippen LogP contribution is 2.48. The minimum Gasteiger partial charge on any atom is -0.258 e. The lowest BCUT2D eigenvalue weighted by Gasteiger charge is -2.33. The fourth-order valence-electron chi connectivity index (χ4n) is 4.29. The Balaban J connectivity index is 2.04. The predicted octanol–water partition coefficient (Wildman–Crippen LogP) is 3.40. The first kappa shape index (κ1) is 19.4.